The monoisotopic (exact) mass is 217 g/mol. The van der Waals surface area contributed by atoms with Gasteiger partial charge in [0.1, 0.15) is 0 Å². The molecule has 0 radical (unpaired) electrons. The molecule has 1 fully saturated rings. The molecule has 1 atom stereocenters. The third kappa shape index (κ3) is 1.37. The standard InChI is InChI=1S/C11H11N3O2/c15-8-4-11(16)14(5-8)7-1-2-9-10(3-7)13-6-12-9/h1-3,6,8,15H,4-5H2,(H,12,13). The van der Waals surface area contributed by atoms with Gasteiger partial charge in [-0.05, 0) is 18.2 Å². The van der Waals surface area contributed by atoms with Crippen LogP contribution in [0.3, 0.4) is 0 Å². The Morgan fingerprint density at radius 3 is 3.12 bits per heavy atom. The van der Waals surface area contributed by atoms with Crippen LogP contribution in [0.2, 0.25) is 0 Å². The Kier molecular flexibility index (Phi) is 1.94. The van der Waals surface area contributed by atoms with E-state index in [-0.39, 0.29) is 12.3 Å². The van der Waals surface area contributed by atoms with Crippen molar-refractivity contribution in [1.29, 1.82) is 0 Å². The summed E-state index contributed by atoms with van der Waals surface area (Å²) in [6.45, 7) is 0.373. The van der Waals surface area contributed by atoms with Crippen LogP contribution in [0, 0.1) is 0 Å². The van der Waals surface area contributed by atoms with Crippen LogP contribution in [-0.4, -0.2) is 33.6 Å². The topological polar surface area (TPSA) is 69.2 Å². The molecule has 5 heteroatoms. The predicted molar refractivity (Wildman–Crippen MR) is 59.1 cm³/mol. The number of aliphatic hydroxyl groups excluding tert-OH is 1. The molecule has 0 aliphatic carbocycles. The maximum absolute atomic E-state index is 11.6. The Labute approximate surface area is 91.7 Å². The van der Waals surface area contributed by atoms with Crippen molar-refractivity contribution in [2.75, 3.05) is 11.4 Å². The number of nitrogens with one attached hydrogen (secondary N) is 1. The molecule has 0 saturated carbocycles. The fraction of sp³-hybridized carbons (Fsp3) is 0.273. The van der Waals surface area contributed by atoms with Gasteiger partial charge in [-0.3, -0.25) is 4.79 Å². The normalized spacial score (nSPS) is 20.9. The highest BCUT2D eigenvalue weighted by molar-refractivity contribution is 5.97. The van der Waals surface area contributed by atoms with Crippen molar-refractivity contribution in [2.45, 2.75) is 12.5 Å². The van der Waals surface area contributed by atoms with Gasteiger partial charge in [-0.2, -0.15) is 0 Å². The molecule has 2 aromatic rings. The number of hydrogen-bond acceptors (Lipinski definition) is 3. The average molecular weight is 217 g/mol. The number of imidazole rings is 1. The molecular weight excluding hydrogens is 206 g/mol. The number of hydrogen-bond donors (Lipinski definition) is 2. The molecule has 0 spiro atoms. The largest absolute Gasteiger partial charge is 0.391 e. The molecule has 1 amide bonds. The number of fused-ring (bicyclic) bond motifs is 1. The van der Waals surface area contributed by atoms with E-state index in [2.05, 4.69) is 9.97 Å². The predicted octanol–water partition coefficient (Wildman–Crippen LogP) is 0.661. The summed E-state index contributed by atoms with van der Waals surface area (Å²) in [5, 5.41) is 9.42. The van der Waals surface area contributed by atoms with E-state index in [1.807, 2.05) is 18.2 Å². The van der Waals surface area contributed by atoms with E-state index < -0.39 is 6.10 Å². The molecule has 1 saturated heterocycles. The minimum absolute atomic E-state index is 0.0358. The van der Waals surface area contributed by atoms with Crippen LogP contribution in [0.15, 0.2) is 24.5 Å². The number of aliphatic hydroxyl groups is 1. The van der Waals surface area contributed by atoms with Gasteiger partial charge in [0, 0.05) is 5.69 Å². The quantitative estimate of drug-likeness (QED) is 0.737. The van der Waals surface area contributed by atoms with Crippen molar-refractivity contribution < 1.29 is 9.90 Å². The highest BCUT2D eigenvalue weighted by atomic mass is 16.3. The second-order valence-electron chi connectivity index (χ2n) is 3.97. The van der Waals surface area contributed by atoms with Gasteiger partial charge >= 0.3 is 0 Å². The van der Waals surface area contributed by atoms with E-state index in [0.29, 0.717) is 6.54 Å². The van der Waals surface area contributed by atoms with Crippen LogP contribution in [0.25, 0.3) is 11.0 Å². The number of amides is 1. The van der Waals surface area contributed by atoms with Gasteiger partial charge in [0.15, 0.2) is 0 Å². The Bertz CT molecular complexity index is 549. The van der Waals surface area contributed by atoms with Gasteiger partial charge in [-0.1, -0.05) is 0 Å². The molecule has 1 aromatic heterocycles. The number of aromatic nitrogens is 2. The van der Waals surface area contributed by atoms with Crippen molar-refractivity contribution in [3.63, 3.8) is 0 Å². The zero-order chi connectivity index (χ0) is 11.1. The molecule has 1 aromatic carbocycles. The number of aromatic amines is 1. The van der Waals surface area contributed by atoms with Crippen LogP contribution in [-0.2, 0) is 4.79 Å². The molecule has 5 nitrogen and oxygen atoms in total. The highest BCUT2D eigenvalue weighted by Crippen LogP contribution is 2.24. The van der Waals surface area contributed by atoms with E-state index in [9.17, 15) is 9.90 Å². The number of rotatable bonds is 1. The first-order chi connectivity index (χ1) is 7.74. The van der Waals surface area contributed by atoms with E-state index in [1.54, 1.807) is 11.2 Å². The first-order valence-electron chi connectivity index (χ1n) is 5.15. The molecule has 16 heavy (non-hydrogen) atoms. The molecule has 0 bridgehead atoms. The lowest BCUT2D eigenvalue weighted by Gasteiger charge is -2.15. The highest BCUT2D eigenvalue weighted by Gasteiger charge is 2.29. The van der Waals surface area contributed by atoms with E-state index in [1.165, 1.54) is 0 Å². The maximum atomic E-state index is 11.6. The summed E-state index contributed by atoms with van der Waals surface area (Å²) in [7, 11) is 0. The number of carbonyl (C=O) groups is 1. The SMILES string of the molecule is O=C1CC(O)CN1c1ccc2nc[nH]c2c1. The molecule has 1 unspecified atom stereocenters. The van der Waals surface area contributed by atoms with E-state index in [4.69, 9.17) is 0 Å². The number of H-pyrrole nitrogens is 1. The van der Waals surface area contributed by atoms with Crippen LogP contribution in [0.4, 0.5) is 5.69 Å². The van der Waals surface area contributed by atoms with Crippen LogP contribution in [0.1, 0.15) is 6.42 Å². The Morgan fingerprint density at radius 2 is 2.38 bits per heavy atom. The number of nitrogens with zero attached hydrogens (tertiary/aromatic N) is 2. The van der Waals surface area contributed by atoms with Crippen molar-refractivity contribution >= 4 is 22.6 Å². The molecule has 3 rings (SSSR count). The van der Waals surface area contributed by atoms with Crippen molar-refractivity contribution in [3.05, 3.63) is 24.5 Å². The number of carbonyl (C=O) groups excluding carboxylic acids is 1. The number of benzene rings is 1. The first kappa shape index (κ1) is 9.35. The van der Waals surface area contributed by atoms with E-state index in [0.717, 1.165) is 16.7 Å². The number of β-amino-alcohol motifs (C(OH)–C–C–N with tert-alkyl or cyclic N) is 1. The van der Waals surface area contributed by atoms with Crippen LogP contribution in [0.5, 0.6) is 0 Å². The molecular formula is C11H11N3O2. The molecule has 1 aliphatic heterocycles. The van der Waals surface area contributed by atoms with Crippen molar-refractivity contribution in [1.82, 2.24) is 9.97 Å². The Hall–Kier alpha value is -1.88. The summed E-state index contributed by atoms with van der Waals surface area (Å²) in [4.78, 5) is 20.3. The minimum atomic E-state index is -0.551. The van der Waals surface area contributed by atoms with Crippen LogP contribution < -0.4 is 4.90 Å². The smallest absolute Gasteiger partial charge is 0.229 e. The van der Waals surface area contributed by atoms with Crippen LogP contribution >= 0.6 is 0 Å². The fourth-order valence-corrected chi connectivity index (χ4v) is 2.03. The zero-order valence-corrected chi connectivity index (χ0v) is 8.55. The van der Waals surface area contributed by atoms with Gasteiger partial charge in [-0.15, -0.1) is 0 Å². The average Bonchev–Trinajstić information content (AvgIpc) is 2.83. The minimum Gasteiger partial charge on any atom is -0.391 e. The summed E-state index contributed by atoms with van der Waals surface area (Å²) in [5.74, 6) is -0.0358. The second-order valence-corrected chi connectivity index (χ2v) is 3.97. The van der Waals surface area contributed by atoms with Crippen molar-refractivity contribution in [2.24, 2.45) is 0 Å². The van der Waals surface area contributed by atoms with Crippen molar-refractivity contribution in [3.8, 4) is 0 Å². The van der Waals surface area contributed by atoms with Gasteiger partial charge in [0.05, 0.1) is 36.4 Å². The lowest BCUT2D eigenvalue weighted by molar-refractivity contribution is -0.117. The molecule has 2 N–H and O–H groups in total. The summed E-state index contributed by atoms with van der Waals surface area (Å²) >= 11 is 0. The Balaban J connectivity index is 2.02. The Morgan fingerprint density at radius 1 is 1.50 bits per heavy atom. The van der Waals surface area contributed by atoms with Gasteiger partial charge in [-0.25, -0.2) is 4.98 Å². The fourth-order valence-electron chi connectivity index (χ4n) is 2.03. The van der Waals surface area contributed by atoms with Gasteiger partial charge in [0.25, 0.3) is 0 Å². The maximum Gasteiger partial charge on any atom is 0.229 e. The summed E-state index contributed by atoms with van der Waals surface area (Å²) < 4.78 is 0. The lowest BCUT2D eigenvalue weighted by Crippen LogP contribution is -2.25. The number of anilines is 1. The van der Waals surface area contributed by atoms with Gasteiger partial charge in [0.2, 0.25) is 5.91 Å². The summed E-state index contributed by atoms with van der Waals surface area (Å²) in [6.07, 6.45) is 1.28. The molecule has 1 aliphatic rings. The molecule has 2 heterocycles. The first-order valence-corrected chi connectivity index (χ1v) is 5.15. The summed E-state index contributed by atoms with van der Waals surface area (Å²) in [6, 6.07) is 5.58. The second kappa shape index (κ2) is 3.31. The third-order valence-corrected chi connectivity index (χ3v) is 2.82. The molecule has 82 valence electrons. The summed E-state index contributed by atoms with van der Waals surface area (Å²) in [5.41, 5.74) is 2.57. The van der Waals surface area contributed by atoms with E-state index >= 15 is 0 Å². The lowest BCUT2D eigenvalue weighted by atomic mass is 10.2. The third-order valence-electron chi connectivity index (χ3n) is 2.82. The van der Waals surface area contributed by atoms with Gasteiger partial charge < -0.3 is 15.0 Å². The zero-order valence-electron chi connectivity index (χ0n) is 8.55.